The molecule has 0 spiro atoms. The third kappa shape index (κ3) is 2.36. The lowest BCUT2D eigenvalue weighted by molar-refractivity contribution is 0.0781. The number of nitrogens with one attached hydrogen (secondary N) is 1. The molecule has 10 heteroatoms. The molecule has 1 aliphatic heterocycles. The zero-order valence-electron chi connectivity index (χ0n) is 13.5. The van der Waals surface area contributed by atoms with Crippen LogP contribution in [-0.4, -0.2) is 59.0 Å². The Morgan fingerprint density at radius 2 is 2.28 bits per heavy atom. The molecule has 128 valence electrons. The second-order valence-electron chi connectivity index (χ2n) is 6.67. The fourth-order valence-electron chi connectivity index (χ4n) is 3.81. The van der Waals surface area contributed by atoms with E-state index in [0.29, 0.717) is 29.5 Å². The molecule has 5 rings (SSSR count). The first-order chi connectivity index (χ1) is 12.2. The summed E-state index contributed by atoms with van der Waals surface area (Å²) in [5.74, 6) is 1.57. The third-order valence-electron chi connectivity index (χ3n) is 5.20. The third-order valence-corrected chi connectivity index (χ3v) is 5.70. The van der Waals surface area contributed by atoms with Gasteiger partial charge in [-0.2, -0.15) is 4.98 Å². The van der Waals surface area contributed by atoms with Gasteiger partial charge in [-0.15, -0.1) is 5.10 Å². The van der Waals surface area contributed by atoms with Crippen LogP contribution in [0.5, 0.6) is 0 Å². The van der Waals surface area contributed by atoms with E-state index in [1.807, 2.05) is 16.5 Å². The first-order valence-electron chi connectivity index (χ1n) is 8.16. The van der Waals surface area contributed by atoms with Gasteiger partial charge in [-0.05, 0) is 23.9 Å². The monoisotopic (exact) mass is 356 g/mol. The van der Waals surface area contributed by atoms with Gasteiger partial charge in [-0.25, -0.2) is 9.97 Å². The van der Waals surface area contributed by atoms with E-state index in [1.54, 1.807) is 17.9 Å². The number of carbonyl (C=O) groups is 1. The van der Waals surface area contributed by atoms with Crippen LogP contribution in [0.15, 0.2) is 17.9 Å². The topological polar surface area (TPSA) is 102 Å². The summed E-state index contributed by atoms with van der Waals surface area (Å²) in [4.78, 5) is 27.4. The summed E-state index contributed by atoms with van der Waals surface area (Å²) < 4.78 is 5.65. The van der Waals surface area contributed by atoms with Gasteiger partial charge in [0.1, 0.15) is 5.52 Å². The van der Waals surface area contributed by atoms with E-state index in [-0.39, 0.29) is 5.91 Å². The first kappa shape index (κ1) is 14.7. The van der Waals surface area contributed by atoms with Gasteiger partial charge in [0.15, 0.2) is 11.3 Å². The summed E-state index contributed by atoms with van der Waals surface area (Å²) in [7, 11) is 1.92. The van der Waals surface area contributed by atoms with E-state index < -0.39 is 0 Å². The van der Waals surface area contributed by atoms with E-state index in [2.05, 4.69) is 29.9 Å². The molecule has 1 N–H and O–H groups in total. The molecule has 0 aromatic carbocycles. The van der Waals surface area contributed by atoms with Crippen molar-refractivity contribution < 1.29 is 4.79 Å². The van der Waals surface area contributed by atoms with Crippen molar-refractivity contribution in [2.24, 2.45) is 18.9 Å². The Morgan fingerprint density at radius 1 is 1.36 bits per heavy atom. The lowest BCUT2D eigenvalue weighted by Gasteiger charge is -2.39. The average Bonchev–Trinajstić information content (AvgIpc) is 3.32. The zero-order valence-corrected chi connectivity index (χ0v) is 14.3. The molecular weight excluding hydrogens is 340 g/mol. The number of anilines is 1. The summed E-state index contributed by atoms with van der Waals surface area (Å²) in [6, 6.07) is 0.294. The molecule has 3 aromatic rings. The highest BCUT2D eigenvalue weighted by molar-refractivity contribution is 7.03. The normalized spacial score (nSPS) is 25.0. The first-order valence-corrected chi connectivity index (χ1v) is 8.99. The number of rotatable bonds is 3. The van der Waals surface area contributed by atoms with Crippen molar-refractivity contribution in [1.82, 2.24) is 34.0 Å². The Bertz CT molecular complexity index is 938. The number of hydrogen-bond acceptors (Lipinski definition) is 8. The number of likely N-dealkylation sites (tertiary alicyclic amines) is 1. The Hall–Kier alpha value is -2.62. The number of amides is 1. The molecule has 25 heavy (non-hydrogen) atoms. The molecule has 0 bridgehead atoms. The fourth-order valence-corrected chi connectivity index (χ4v) is 4.24. The smallest absolute Gasteiger partial charge is 0.275 e. The Morgan fingerprint density at radius 3 is 3.12 bits per heavy atom. The Labute approximate surface area is 147 Å². The maximum atomic E-state index is 12.4. The molecule has 9 nitrogen and oxygen atoms in total. The molecule has 0 radical (unpaired) electrons. The van der Waals surface area contributed by atoms with Crippen LogP contribution in [0.25, 0.3) is 11.2 Å². The summed E-state index contributed by atoms with van der Waals surface area (Å²) >= 11 is 1.20. The second-order valence-corrected chi connectivity index (χ2v) is 7.28. The van der Waals surface area contributed by atoms with Crippen LogP contribution in [0.3, 0.4) is 0 Å². The highest BCUT2D eigenvalue weighted by atomic mass is 32.1. The van der Waals surface area contributed by atoms with Gasteiger partial charge in [0.2, 0.25) is 5.95 Å². The zero-order chi connectivity index (χ0) is 17.0. The van der Waals surface area contributed by atoms with Crippen LogP contribution in [0, 0.1) is 11.8 Å². The Kier molecular flexibility index (Phi) is 3.20. The van der Waals surface area contributed by atoms with Gasteiger partial charge >= 0.3 is 0 Å². The van der Waals surface area contributed by atoms with Gasteiger partial charge in [0.05, 0.1) is 12.5 Å². The van der Waals surface area contributed by atoms with E-state index in [4.69, 9.17) is 0 Å². The van der Waals surface area contributed by atoms with Crippen molar-refractivity contribution in [2.45, 2.75) is 12.5 Å². The van der Waals surface area contributed by atoms with Crippen LogP contribution in [0.4, 0.5) is 5.95 Å². The number of aromatic nitrogens is 6. The molecule has 3 atom stereocenters. The lowest BCUT2D eigenvalue weighted by atomic mass is 9.71. The minimum atomic E-state index is -0.0190. The van der Waals surface area contributed by atoms with Gasteiger partial charge in [-0.3, -0.25) is 4.79 Å². The lowest BCUT2D eigenvalue weighted by Crippen LogP contribution is -2.45. The van der Waals surface area contributed by atoms with Crippen molar-refractivity contribution in [3.63, 3.8) is 0 Å². The number of carbonyl (C=O) groups excluding carboxylic acids is 1. The molecule has 2 fully saturated rings. The van der Waals surface area contributed by atoms with Crippen molar-refractivity contribution >= 4 is 34.6 Å². The van der Waals surface area contributed by atoms with Crippen LogP contribution in [0.2, 0.25) is 0 Å². The van der Waals surface area contributed by atoms with E-state index in [9.17, 15) is 4.79 Å². The predicted octanol–water partition coefficient (Wildman–Crippen LogP) is 0.787. The average molecular weight is 356 g/mol. The Balaban J connectivity index is 1.28. The predicted molar refractivity (Wildman–Crippen MR) is 91.1 cm³/mol. The summed E-state index contributed by atoms with van der Waals surface area (Å²) in [6.07, 6.45) is 4.49. The summed E-state index contributed by atoms with van der Waals surface area (Å²) in [5, 5.41) is 9.01. The van der Waals surface area contributed by atoms with Crippen LogP contribution in [0.1, 0.15) is 16.9 Å². The molecule has 3 aromatic heterocycles. The minimum Gasteiger partial charge on any atom is -0.351 e. The molecule has 1 amide bonds. The molecule has 4 heterocycles. The largest absolute Gasteiger partial charge is 0.351 e. The van der Waals surface area contributed by atoms with Gasteiger partial charge < -0.3 is 14.8 Å². The highest BCUT2D eigenvalue weighted by Gasteiger charge is 2.48. The van der Waals surface area contributed by atoms with Gasteiger partial charge in [-0.1, -0.05) is 4.49 Å². The number of aryl methyl sites for hydroxylation is 1. The molecular formula is C15H16N8OS. The molecule has 1 aliphatic carbocycles. The molecule has 1 saturated carbocycles. The van der Waals surface area contributed by atoms with E-state index in [0.717, 1.165) is 30.7 Å². The fraction of sp³-hybridized carbons (Fsp3) is 0.467. The van der Waals surface area contributed by atoms with E-state index >= 15 is 0 Å². The van der Waals surface area contributed by atoms with Gasteiger partial charge in [0.25, 0.3) is 5.91 Å². The van der Waals surface area contributed by atoms with Crippen LogP contribution < -0.4 is 5.32 Å². The summed E-state index contributed by atoms with van der Waals surface area (Å²) in [6.45, 7) is 1.54. The number of imidazole rings is 1. The number of hydrogen-bond donors (Lipinski definition) is 1. The molecule has 2 aliphatic rings. The highest BCUT2D eigenvalue weighted by Crippen LogP contribution is 2.42. The number of fused-ring (bicyclic) bond motifs is 2. The minimum absolute atomic E-state index is 0.0190. The van der Waals surface area contributed by atoms with Crippen LogP contribution in [-0.2, 0) is 7.05 Å². The standard InChI is InChI=1S/C15H16N8OS/c1-22-7-17-11-3-16-15(19-13(11)22)18-10-2-8-4-23(5-9(8)10)14(24)12-6-25-21-20-12/h3,6-10H,2,4-5H2,1H3,(H,16,18,19). The molecule has 1 saturated heterocycles. The van der Waals surface area contributed by atoms with E-state index in [1.165, 1.54) is 11.5 Å². The van der Waals surface area contributed by atoms with Crippen molar-refractivity contribution in [1.29, 1.82) is 0 Å². The summed E-state index contributed by atoms with van der Waals surface area (Å²) in [5.41, 5.74) is 2.04. The number of nitrogens with zero attached hydrogens (tertiary/aromatic N) is 7. The SMILES string of the molecule is Cn1cnc2cnc(NC3CC4CN(C(=O)c5csnn5)CC43)nc21. The second kappa shape index (κ2) is 5.45. The molecule has 3 unspecified atom stereocenters. The van der Waals surface area contributed by atoms with Gasteiger partial charge in [0, 0.05) is 37.5 Å². The quantitative estimate of drug-likeness (QED) is 0.740. The van der Waals surface area contributed by atoms with Crippen molar-refractivity contribution in [3.05, 3.63) is 23.6 Å². The maximum Gasteiger partial charge on any atom is 0.275 e. The maximum absolute atomic E-state index is 12.4. The van der Waals surface area contributed by atoms with Crippen LogP contribution >= 0.6 is 11.5 Å². The van der Waals surface area contributed by atoms with Crippen molar-refractivity contribution in [2.75, 3.05) is 18.4 Å². The van der Waals surface area contributed by atoms with Crippen molar-refractivity contribution in [3.8, 4) is 0 Å².